The number of hydrogen-bond acceptors (Lipinski definition) is 8. The molecule has 1 N–H and O–H groups in total. The summed E-state index contributed by atoms with van der Waals surface area (Å²) in [4.78, 5) is 7.42. The summed E-state index contributed by atoms with van der Waals surface area (Å²) in [6.07, 6.45) is 0. The number of rotatable bonds is 9. The molecule has 3 aromatic heterocycles. The van der Waals surface area contributed by atoms with Gasteiger partial charge in [0.2, 0.25) is 5.82 Å². The van der Waals surface area contributed by atoms with Crippen LogP contribution in [0.4, 0.5) is 0 Å². The number of imidazole rings is 1. The van der Waals surface area contributed by atoms with E-state index in [-0.39, 0.29) is 5.92 Å². The monoisotopic (exact) mass is 612 g/mol. The zero-order chi connectivity index (χ0) is 29.9. The third kappa shape index (κ3) is 5.73. The van der Waals surface area contributed by atoms with E-state index in [1.807, 2.05) is 54.6 Å². The third-order valence-electron chi connectivity index (χ3n) is 7.18. The van der Waals surface area contributed by atoms with Crippen molar-refractivity contribution >= 4 is 34.6 Å². The Morgan fingerprint density at radius 3 is 1.93 bits per heavy atom. The SMILES string of the molecule is CC(C)c1nc2c(Sc3ccccc3)nnc(Sc3ccccc3)c2n1Cc1ccc(-c2ccccc2-c2nn[nH]n2)cc1. The standard InChI is InChI=1S/C34H28N8S2/c1-22(2)32-35-29-30(34(44-26-13-7-4-8-14-26)39-38-33(29)43-25-11-5-3-6-12-25)42(32)21-23-17-19-24(20-18-23)27-15-9-10-16-28(27)31-36-40-41-37-31/h3-20,22H,21H2,1-2H3,(H,36,37,40,41). The second kappa shape index (κ2) is 12.4. The summed E-state index contributed by atoms with van der Waals surface area (Å²) in [5.74, 6) is 1.78. The number of nitrogens with one attached hydrogen (secondary N) is 1. The van der Waals surface area contributed by atoms with Gasteiger partial charge in [-0.15, -0.1) is 20.4 Å². The van der Waals surface area contributed by atoms with Crippen LogP contribution in [0.3, 0.4) is 0 Å². The van der Waals surface area contributed by atoms with E-state index < -0.39 is 0 Å². The minimum Gasteiger partial charge on any atom is -0.321 e. The Kier molecular flexibility index (Phi) is 7.91. The van der Waals surface area contributed by atoms with Crippen molar-refractivity contribution in [2.75, 3.05) is 0 Å². The van der Waals surface area contributed by atoms with Gasteiger partial charge < -0.3 is 4.57 Å². The zero-order valence-corrected chi connectivity index (χ0v) is 25.8. The van der Waals surface area contributed by atoms with Gasteiger partial charge in [0.1, 0.15) is 21.9 Å². The van der Waals surface area contributed by atoms with E-state index in [2.05, 4.69) is 93.6 Å². The van der Waals surface area contributed by atoms with E-state index >= 15 is 0 Å². The second-order valence-corrected chi connectivity index (χ2v) is 12.7. The van der Waals surface area contributed by atoms with E-state index in [9.17, 15) is 0 Å². The molecule has 0 amide bonds. The summed E-state index contributed by atoms with van der Waals surface area (Å²) in [5.41, 5.74) is 6.11. The van der Waals surface area contributed by atoms with Gasteiger partial charge in [-0.05, 0) is 46.2 Å². The largest absolute Gasteiger partial charge is 0.321 e. The maximum atomic E-state index is 5.22. The van der Waals surface area contributed by atoms with E-state index in [0.29, 0.717) is 12.4 Å². The smallest absolute Gasteiger partial charge is 0.205 e. The van der Waals surface area contributed by atoms with Crippen LogP contribution in [0.2, 0.25) is 0 Å². The van der Waals surface area contributed by atoms with Crippen LogP contribution in [-0.2, 0) is 6.54 Å². The van der Waals surface area contributed by atoms with Crippen LogP contribution >= 0.6 is 23.5 Å². The molecular weight excluding hydrogens is 585 g/mol. The molecule has 0 saturated carbocycles. The van der Waals surface area contributed by atoms with Crippen LogP contribution in [0.1, 0.15) is 31.2 Å². The number of benzene rings is 4. The van der Waals surface area contributed by atoms with E-state index in [1.54, 1.807) is 23.5 Å². The lowest BCUT2D eigenvalue weighted by molar-refractivity contribution is 0.679. The molecule has 7 aromatic rings. The van der Waals surface area contributed by atoms with Gasteiger partial charge in [-0.1, -0.05) is 122 Å². The topological polar surface area (TPSA) is 98.1 Å². The van der Waals surface area contributed by atoms with E-state index in [1.165, 1.54) is 0 Å². The normalized spacial score (nSPS) is 11.4. The van der Waals surface area contributed by atoms with Crippen molar-refractivity contribution in [3.05, 3.63) is 121 Å². The summed E-state index contributed by atoms with van der Waals surface area (Å²) in [5, 5.41) is 25.8. The number of tetrazole rings is 1. The number of aromatic amines is 1. The van der Waals surface area contributed by atoms with Crippen LogP contribution in [0.15, 0.2) is 129 Å². The van der Waals surface area contributed by atoms with Crippen molar-refractivity contribution in [3.8, 4) is 22.5 Å². The summed E-state index contributed by atoms with van der Waals surface area (Å²) in [6, 6.07) is 37.3. The molecule has 8 nitrogen and oxygen atoms in total. The Balaban J connectivity index is 1.30. The fourth-order valence-electron chi connectivity index (χ4n) is 5.14. The molecule has 3 heterocycles. The molecule has 0 aliphatic rings. The summed E-state index contributed by atoms with van der Waals surface area (Å²) < 4.78 is 2.32. The molecule has 216 valence electrons. The van der Waals surface area contributed by atoms with Crippen LogP contribution in [-0.4, -0.2) is 40.4 Å². The maximum absolute atomic E-state index is 5.22. The molecule has 0 aliphatic carbocycles. The van der Waals surface area contributed by atoms with Crippen molar-refractivity contribution in [2.45, 2.75) is 46.2 Å². The molecular formula is C34H28N8S2. The molecule has 0 radical (unpaired) electrons. The summed E-state index contributed by atoms with van der Waals surface area (Å²) in [6.45, 7) is 5.02. The van der Waals surface area contributed by atoms with Crippen molar-refractivity contribution in [3.63, 3.8) is 0 Å². The second-order valence-electron chi connectivity index (χ2n) is 10.5. The quantitative estimate of drug-likeness (QED) is 0.174. The number of aromatic nitrogens is 8. The first-order valence-corrected chi connectivity index (χ1v) is 15.9. The van der Waals surface area contributed by atoms with Crippen molar-refractivity contribution in [1.29, 1.82) is 0 Å². The van der Waals surface area contributed by atoms with Crippen molar-refractivity contribution < 1.29 is 0 Å². The lowest BCUT2D eigenvalue weighted by Crippen LogP contribution is -2.07. The first-order chi connectivity index (χ1) is 21.6. The van der Waals surface area contributed by atoms with Gasteiger partial charge in [0.15, 0.2) is 5.03 Å². The predicted molar refractivity (Wildman–Crippen MR) is 175 cm³/mol. The molecule has 10 heteroatoms. The van der Waals surface area contributed by atoms with Gasteiger partial charge in [0.25, 0.3) is 0 Å². The number of H-pyrrole nitrogens is 1. The first kappa shape index (κ1) is 28.0. The Labute approximate surface area is 263 Å². The summed E-state index contributed by atoms with van der Waals surface area (Å²) >= 11 is 3.21. The Morgan fingerprint density at radius 1 is 0.682 bits per heavy atom. The molecule has 44 heavy (non-hydrogen) atoms. The highest BCUT2D eigenvalue weighted by atomic mass is 32.2. The number of fused-ring (bicyclic) bond motifs is 1. The van der Waals surface area contributed by atoms with Crippen LogP contribution < -0.4 is 0 Å². The Morgan fingerprint density at radius 2 is 1.30 bits per heavy atom. The van der Waals surface area contributed by atoms with Gasteiger partial charge in [-0.25, -0.2) is 4.98 Å². The van der Waals surface area contributed by atoms with Crippen LogP contribution in [0, 0.1) is 0 Å². The van der Waals surface area contributed by atoms with E-state index in [4.69, 9.17) is 15.2 Å². The first-order valence-electron chi connectivity index (χ1n) is 14.3. The average Bonchev–Trinajstić information content (AvgIpc) is 3.73. The lowest BCUT2D eigenvalue weighted by atomic mass is 9.98. The summed E-state index contributed by atoms with van der Waals surface area (Å²) in [7, 11) is 0. The van der Waals surface area contributed by atoms with Gasteiger partial charge in [-0.2, -0.15) is 5.21 Å². The van der Waals surface area contributed by atoms with Gasteiger partial charge in [0, 0.05) is 27.8 Å². The fourth-order valence-corrected chi connectivity index (χ4v) is 6.88. The van der Waals surface area contributed by atoms with Crippen LogP contribution in [0.5, 0.6) is 0 Å². The molecule has 0 bridgehead atoms. The highest BCUT2D eigenvalue weighted by Crippen LogP contribution is 2.39. The Hall–Kier alpha value is -4.80. The number of hydrogen-bond donors (Lipinski definition) is 1. The molecule has 0 fully saturated rings. The fraction of sp³-hybridized carbons (Fsp3) is 0.118. The van der Waals surface area contributed by atoms with Gasteiger partial charge in [-0.3, -0.25) is 0 Å². The van der Waals surface area contributed by atoms with Crippen molar-refractivity contribution in [2.24, 2.45) is 0 Å². The lowest BCUT2D eigenvalue weighted by Gasteiger charge is -2.14. The van der Waals surface area contributed by atoms with Crippen molar-refractivity contribution in [1.82, 2.24) is 40.4 Å². The van der Waals surface area contributed by atoms with Gasteiger partial charge >= 0.3 is 0 Å². The highest BCUT2D eigenvalue weighted by molar-refractivity contribution is 8.00. The minimum atomic E-state index is 0.202. The average molecular weight is 613 g/mol. The molecule has 7 rings (SSSR count). The molecule has 0 saturated heterocycles. The minimum absolute atomic E-state index is 0.202. The van der Waals surface area contributed by atoms with Gasteiger partial charge in [0.05, 0.1) is 0 Å². The van der Waals surface area contributed by atoms with E-state index in [0.717, 1.165) is 59.0 Å². The van der Waals surface area contributed by atoms with Crippen LogP contribution in [0.25, 0.3) is 33.5 Å². The third-order valence-corrected chi connectivity index (χ3v) is 9.14. The molecule has 4 aromatic carbocycles. The molecule has 0 unspecified atom stereocenters. The zero-order valence-electron chi connectivity index (χ0n) is 24.1. The molecule has 0 aliphatic heterocycles. The number of nitrogens with zero attached hydrogens (tertiary/aromatic N) is 7. The maximum Gasteiger partial charge on any atom is 0.205 e. The highest BCUT2D eigenvalue weighted by Gasteiger charge is 2.23. The molecule has 0 spiro atoms. The predicted octanol–water partition coefficient (Wildman–Crippen LogP) is 8.15. The Bertz CT molecular complexity index is 2010. The molecule has 0 atom stereocenters.